The molecule has 1 atom stereocenters. The molecule has 0 radical (unpaired) electrons. The maximum Gasteiger partial charge on any atom is 0.509 e. The summed E-state index contributed by atoms with van der Waals surface area (Å²) in [6.07, 6.45) is -6.23. The molecule has 0 saturated carbocycles. The number of hydrogen-bond acceptors (Lipinski definition) is 5. The van der Waals surface area contributed by atoms with Crippen LogP contribution >= 0.6 is 0 Å². The van der Waals surface area contributed by atoms with Gasteiger partial charge in [0.25, 0.3) is 0 Å². The molecule has 0 aliphatic carbocycles. The Kier molecular flexibility index (Phi) is 3.46. The molecule has 1 unspecified atom stereocenters. The summed E-state index contributed by atoms with van der Waals surface area (Å²) >= 11 is 0. The predicted molar refractivity (Wildman–Crippen MR) is 45.2 cm³/mol. The average Bonchev–Trinajstić information content (AvgIpc) is 2.41. The van der Waals surface area contributed by atoms with Gasteiger partial charge in [0.05, 0.1) is 5.75 Å². The molecule has 9 heteroatoms. The van der Waals surface area contributed by atoms with E-state index in [0.29, 0.717) is 0 Å². The number of alkyl halides is 3. The van der Waals surface area contributed by atoms with Crippen molar-refractivity contribution >= 4 is 16.0 Å². The number of rotatable bonds is 2. The molecule has 5 nitrogen and oxygen atoms in total. The summed E-state index contributed by atoms with van der Waals surface area (Å²) in [5, 5.41) is 0.828. The summed E-state index contributed by atoms with van der Waals surface area (Å²) < 4.78 is 64.5. The summed E-state index contributed by atoms with van der Waals surface area (Å²) in [6, 6.07) is 0. The van der Waals surface area contributed by atoms with E-state index in [-0.39, 0.29) is 0 Å². The third-order valence-electron chi connectivity index (χ3n) is 1.50. The third kappa shape index (κ3) is 4.51. The maximum atomic E-state index is 11.6. The summed E-state index contributed by atoms with van der Waals surface area (Å²) in [5.74, 6) is -0.478. The minimum absolute atomic E-state index is 0.478. The van der Waals surface area contributed by atoms with E-state index >= 15 is 0 Å². The number of hydrogen-bond donors (Lipinski definition) is 0. The highest BCUT2D eigenvalue weighted by Gasteiger charge is 2.31. The third-order valence-corrected chi connectivity index (χ3v) is 2.86. The maximum absolute atomic E-state index is 11.6. The summed E-state index contributed by atoms with van der Waals surface area (Å²) in [7, 11) is -3.42. The van der Waals surface area contributed by atoms with Crippen LogP contribution in [0.1, 0.15) is 0 Å². The van der Waals surface area contributed by atoms with Crippen LogP contribution in [-0.2, 0) is 19.3 Å². The molecule has 92 valence electrons. The van der Waals surface area contributed by atoms with Crippen molar-refractivity contribution in [3.05, 3.63) is 11.5 Å². The number of sulfone groups is 1. The van der Waals surface area contributed by atoms with Crippen molar-refractivity contribution in [2.24, 2.45) is 0 Å². The second kappa shape index (κ2) is 4.32. The van der Waals surface area contributed by atoms with E-state index in [1.165, 1.54) is 0 Å². The van der Waals surface area contributed by atoms with Gasteiger partial charge < -0.3 is 9.47 Å². The van der Waals surface area contributed by atoms with Gasteiger partial charge in [-0.25, -0.2) is 13.2 Å². The van der Waals surface area contributed by atoms with Crippen molar-refractivity contribution in [2.45, 2.75) is 12.3 Å². The normalized spacial score (nSPS) is 23.1. The summed E-state index contributed by atoms with van der Waals surface area (Å²) in [4.78, 5) is 10.7. The van der Waals surface area contributed by atoms with Crippen molar-refractivity contribution in [2.75, 3.05) is 12.4 Å². The zero-order valence-electron chi connectivity index (χ0n) is 7.73. The molecule has 1 aliphatic rings. The zero-order chi connectivity index (χ0) is 12.4. The molecular formula is C7H7F3O5S. The van der Waals surface area contributed by atoms with Gasteiger partial charge in [-0.05, 0) is 6.08 Å². The Morgan fingerprint density at radius 2 is 2.06 bits per heavy atom. The lowest BCUT2D eigenvalue weighted by molar-refractivity contribution is -0.166. The number of carbonyl (C=O) groups is 1. The monoisotopic (exact) mass is 260 g/mol. The van der Waals surface area contributed by atoms with Gasteiger partial charge in [0.2, 0.25) is 0 Å². The van der Waals surface area contributed by atoms with E-state index < -0.39 is 40.6 Å². The largest absolute Gasteiger partial charge is 0.509 e. The zero-order valence-corrected chi connectivity index (χ0v) is 8.55. The van der Waals surface area contributed by atoms with E-state index in [4.69, 9.17) is 0 Å². The molecule has 0 fully saturated rings. The van der Waals surface area contributed by atoms with Gasteiger partial charge in [-0.3, -0.25) is 0 Å². The topological polar surface area (TPSA) is 69.7 Å². The lowest BCUT2D eigenvalue weighted by Gasteiger charge is -2.10. The SMILES string of the molecule is O=C(OCC(F)(F)F)OC1C=CS(=O)(=O)C1. The van der Waals surface area contributed by atoms with Crippen LogP contribution in [0.5, 0.6) is 0 Å². The first-order valence-corrected chi connectivity index (χ1v) is 5.71. The molecule has 1 aliphatic heterocycles. The van der Waals surface area contributed by atoms with Crippen LogP contribution in [0.25, 0.3) is 0 Å². The second-order valence-corrected chi connectivity index (χ2v) is 4.90. The van der Waals surface area contributed by atoms with E-state index in [2.05, 4.69) is 9.47 Å². The van der Waals surface area contributed by atoms with Crippen molar-refractivity contribution in [1.82, 2.24) is 0 Å². The number of halogens is 3. The molecule has 1 heterocycles. The summed E-state index contributed by atoms with van der Waals surface area (Å²) in [5.41, 5.74) is 0. The van der Waals surface area contributed by atoms with Gasteiger partial charge in [-0.2, -0.15) is 13.2 Å². The van der Waals surface area contributed by atoms with Crippen LogP contribution in [0.15, 0.2) is 11.5 Å². The van der Waals surface area contributed by atoms with Crippen LogP contribution in [0.3, 0.4) is 0 Å². The second-order valence-electron chi connectivity index (χ2n) is 2.97. The number of ether oxygens (including phenoxy) is 2. The molecular weight excluding hydrogens is 253 g/mol. The molecule has 0 aromatic heterocycles. The van der Waals surface area contributed by atoms with Crippen molar-refractivity contribution in [3.8, 4) is 0 Å². The van der Waals surface area contributed by atoms with Gasteiger partial charge >= 0.3 is 12.3 Å². The van der Waals surface area contributed by atoms with Crippen LogP contribution in [0.2, 0.25) is 0 Å². The van der Waals surface area contributed by atoms with Crippen LogP contribution in [0, 0.1) is 0 Å². The fourth-order valence-electron chi connectivity index (χ4n) is 0.919. The van der Waals surface area contributed by atoms with Crippen molar-refractivity contribution < 1.29 is 35.9 Å². The Morgan fingerprint density at radius 3 is 2.50 bits per heavy atom. The highest BCUT2D eigenvalue weighted by atomic mass is 32.2. The van der Waals surface area contributed by atoms with Crippen molar-refractivity contribution in [1.29, 1.82) is 0 Å². The quantitative estimate of drug-likeness (QED) is 0.693. The van der Waals surface area contributed by atoms with E-state index in [0.717, 1.165) is 11.5 Å². The predicted octanol–water partition coefficient (Wildman–Crippen LogP) is 1.01. The van der Waals surface area contributed by atoms with E-state index in [1.807, 2.05) is 0 Å². The van der Waals surface area contributed by atoms with Gasteiger partial charge in [0.1, 0.15) is 6.10 Å². The molecule has 0 aromatic rings. The molecule has 0 amide bonds. The Balaban J connectivity index is 2.35. The lowest BCUT2D eigenvalue weighted by Crippen LogP contribution is -2.25. The van der Waals surface area contributed by atoms with Crippen LogP contribution in [0.4, 0.5) is 18.0 Å². The van der Waals surface area contributed by atoms with Crippen molar-refractivity contribution in [3.63, 3.8) is 0 Å². The first-order valence-electron chi connectivity index (χ1n) is 3.99. The highest BCUT2D eigenvalue weighted by molar-refractivity contribution is 7.94. The number of carbonyl (C=O) groups excluding carboxylic acids is 1. The van der Waals surface area contributed by atoms with Gasteiger partial charge in [-0.1, -0.05) is 0 Å². The first kappa shape index (κ1) is 12.8. The Morgan fingerprint density at radius 1 is 1.44 bits per heavy atom. The molecule has 0 N–H and O–H groups in total. The van der Waals surface area contributed by atoms with Crippen LogP contribution < -0.4 is 0 Å². The Bertz CT molecular complexity index is 397. The van der Waals surface area contributed by atoms with E-state index in [1.54, 1.807) is 0 Å². The van der Waals surface area contributed by atoms with Gasteiger partial charge in [0, 0.05) is 5.41 Å². The fourth-order valence-corrected chi connectivity index (χ4v) is 2.08. The van der Waals surface area contributed by atoms with Gasteiger partial charge in [-0.15, -0.1) is 0 Å². The fraction of sp³-hybridized carbons (Fsp3) is 0.571. The van der Waals surface area contributed by atoms with E-state index in [9.17, 15) is 26.4 Å². The molecule has 0 spiro atoms. The van der Waals surface area contributed by atoms with Crippen LogP contribution in [-0.4, -0.2) is 39.2 Å². The van der Waals surface area contributed by atoms with Gasteiger partial charge in [0.15, 0.2) is 16.4 Å². The minimum atomic E-state index is -4.64. The molecule has 1 rings (SSSR count). The Hall–Kier alpha value is -1.25. The lowest BCUT2D eigenvalue weighted by atomic mass is 10.4. The molecule has 0 aromatic carbocycles. The standard InChI is InChI=1S/C7H7F3O5S/c8-7(9,10)4-14-6(11)15-5-1-2-16(12,13)3-5/h1-2,5H,3-4H2. The average molecular weight is 260 g/mol. The Labute approximate surface area is 88.7 Å². The molecule has 16 heavy (non-hydrogen) atoms. The molecule has 0 bridgehead atoms. The highest BCUT2D eigenvalue weighted by Crippen LogP contribution is 2.16. The minimum Gasteiger partial charge on any atom is -0.426 e. The summed E-state index contributed by atoms with van der Waals surface area (Å²) in [6.45, 7) is -1.77. The molecule has 0 saturated heterocycles. The first-order chi connectivity index (χ1) is 7.18. The smallest absolute Gasteiger partial charge is 0.426 e.